The normalized spacial score (nSPS) is 10.6. The van der Waals surface area contributed by atoms with Crippen LogP contribution >= 0.6 is 39.1 Å². The average molecular weight is 491 g/mol. The second-order valence-electron chi connectivity index (χ2n) is 5.66. The van der Waals surface area contributed by atoms with Gasteiger partial charge in [0.25, 0.3) is 5.91 Å². The number of hydrogen-bond acceptors (Lipinski definition) is 4. The van der Waals surface area contributed by atoms with Crippen molar-refractivity contribution >= 4 is 56.8 Å². The molecule has 2 aromatic carbocycles. The van der Waals surface area contributed by atoms with E-state index < -0.39 is 5.91 Å². The number of allylic oxidation sites excluding steroid dienone is 1. The molecule has 0 saturated carbocycles. The molecule has 0 aromatic heterocycles. The number of halogens is 3. The molecule has 0 atom stereocenters. The van der Waals surface area contributed by atoms with E-state index in [-0.39, 0.29) is 22.2 Å². The molecule has 0 radical (unpaired) electrons. The predicted molar refractivity (Wildman–Crippen MR) is 118 cm³/mol. The first-order valence-corrected chi connectivity index (χ1v) is 9.76. The lowest BCUT2D eigenvalue weighted by atomic mass is 10.0. The Kier molecular flexibility index (Phi) is 8.30. The van der Waals surface area contributed by atoms with Crippen molar-refractivity contribution < 1.29 is 9.53 Å². The van der Waals surface area contributed by atoms with Gasteiger partial charge in [-0.15, -0.1) is 6.58 Å². The van der Waals surface area contributed by atoms with Crippen LogP contribution in [-0.4, -0.2) is 12.5 Å². The maximum absolute atomic E-state index is 12.5. The standard InChI is InChI=1S/C21H14BrCl2N3O2/c1-2-4-14-9-13(11-16(22)20(14)29-8-7-25)10-15(12-26)21(28)27-18-6-3-5-17(23)19(18)24/h2-3,5-6,9-11H,1,4,8H2,(H,27,28)/b15-10-. The third-order valence-corrected chi connectivity index (χ3v) is 5.07. The Labute approximate surface area is 186 Å². The lowest BCUT2D eigenvalue weighted by Gasteiger charge is -2.12. The first-order valence-electron chi connectivity index (χ1n) is 8.21. The number of ether oxygens (including phenoxy) is 1. The summed E-state index contributed by atoms with van der Waals surface area (Å²) in [5, 5.41) is 21.3. The number of benzene rings is 2. The van der Waals surface area contributed by atoms with Gasteiger partial charge in [0.05, 0.1) is 20.2 Å². The smallest absolute Gasteiger partial charge is 0.266 e. The Morgan fingerprint density at radius 2 is 2.07 bits per heavy atom. The third kappa shape index (κ3) is 5.85. The molecule has 0 spiro atoms. The average Bonchev–Trinajstić information content (AvgIpc) is 2.69. The van der Waals surface area contributed by atoms with Gasteiger partial charge in [-0.2, -0.15) is 10.5 Å². The molecule has 0 aliphatic carbocycles. The van der Waals surface area contributed by atoms with Crippen LogP contribution in [0.15, 0.2) is 53.0 Å². The number of rotatable bonds is 7. The molecule has 0 aliphatic rings. The quantitative estimate of drug-likeness (QED) is 0.296. The summed E-state index contributed by atoms with van der Waals surface area (Å²) in [4.78, 5) is 12.5. The maximum atomic E-state index is 12.5. The zero-order chi connectivity index (χ0) is 21.4. The molecule has 0 aliphatic heterocycles. The van der Waals surface area contributed by atoms with Crippen LogP contribution in [0.5, 0.6) is 5.75 Å². The minimum atomic E-state index is -0.622. The molecule has 8 heteroatoms. The van der Waals surface area contributed by atoms with Gasteiger partial charge in [-0.3, -0.25) is 4.79 Å². The highest BCUT2D eigenvalue weighted by Gasteiger charge is 2.15. The van der Waals surface area contributed by atoms with Crippen molar-refractivity contribution in [3.63, 3.8) is 0 Å². The van der Waals surface area contributed by atoms with Crippen molar-refractivity contribution in [1.82, 2.24) is 0 Å². The Hall–Kier alpha value is -2.77. The maximum Gasteiger partial charge on any atom is 0.266 e. The molecule has 2 rings (SSSR count). The SMILES string of the molecule is C=CCc1cc(/C=C(/C#N)C(=O)Nc2cccc(Cl)c2Cl)cc(Br)c1OCC#N. The molecular weight excluding hydrogens is 477 g/mol. The Balaban J connectivity index is 2.38. The number of nitriles is 2. The van der Waals surface area contributed by atoms with E-state index in [9.17, 15) is 10.1 Å². The molecule has 1 amide bonds. The van der Waals surface area contributed by atoms with Gasteiger partial charge in [-0.05, 0) is 63.8 Å². The Morgan fingerprint density at radius 1 is 1.31 bits per heavy atom. The lowest BCUT2D eigenvalue weighted by molar-refractivity contribution is -0.112. The van der Waals surface area contributed by atoms with Crippen molar-refractivity contribution in [2.24, 2.45) is 0 Å². The van der Waals surface area contributed by atoms with Gasteiger partial charge in [0.1, 0.15) is 23.5 Å². The van der Waals surface area contributed by atoms with Gasteiger partial charge < -0.3 is 10.1 Å². The summed E-state index contributed by atoms with van der Waals surface area (Å²) in [5.41, 5.74) is 1.54. The zero-order valence-corrected chi connectivity index (χ0v) is 18.1. The summed E-state index contributed by atoms with van der Waals surface area (Å²) in [6.45, 7) is 3.61. The van der Waals surface area contributed by atoms with Gasteiger partial charge in [0.2, 0.25) is 0 Å². The summed E-state index contributed by atoms with van der Waals surface area (Å²) >= 11 is 15.4. The van der Waals surface area contributed by atoms with Crippen molar-refractivity contribution in [3.8, 4) is 17.9 Å². The summed E-state index contributed by atoms with van der Waals surface area (Å²) in [6, 6.07) is 12.1. The van der Waals surface area contributed by atoms with Gasteiger partial charge in [-0.25, -0.2) is 0 Å². The number of hydrogen-bond donors (Lipinski definition) is 1. The van der Waals surface area contributed by atoms with Gasteiger partial charge >= 0.3 is 0 Å². The summed E-state index contributed by atoms with van der Waals surface area (Å²) < 4.78 is 6.05. The predicted octanol–water partition coefficient (Wildman–Crippen LogP) is 5.93. The molecular formula is C21H14BrCl2N3O2. The van der Waals surface area contributed by atoms with Crippen LogP contribution in [0.2, 0.25) is 10.0 Å². The molecule has 0 heterocycles. The molecule has 0 unspecified atom stereocenters. The topological polar surface area (TPSA) is 85.9 Å². The Morgan fingerprint density at radius 3 is 2.72 bits per heavy atom. The number of carbonyl (C=O) groups is 1. The molecule has 2 aromatic rings. The van der Waals surface area contributed by atoms with Gasteiger partial charge in [0, 0.05) is 0 Å². The van der Waals surface area contributed by atoms with E-state index in [4.69, 9.17) is 33.2 Å². The fourth-order valence-electron chi connectivity index (χ4n) is 2.44. The van der Waals surface area contributed by atoms with E-state index in [0.29, 0.717) is 27.9 Å². The highest BCUT2D eigenvalue weighted by atomic mass is 79.9. The second kappa shape index (κ2) is 10.7. The first kappa shape index (κ1) is 22.5. The first-order chi connectivity index (χ1) is 13.9. The summed E-state index contributed by atoms with van der Waals surface area (Å²) in [7, 11) is 0. The van der Waals surface area contributed by atoms with Crippen LogP contribution in [0.3, 0.4) is 0 Å². The number of carbonyl (C=O) groups excluding carboxylic acids is 1. The zero-order valence-electron chi connectivity index (χ0n) is 15.0. The molecule has 5 nitrogen and oxygen atoms in total. The number of amides is 1. The fourth-order valence-corrected chi connectivity index (χ4v) is 3.42. The van der Waals surface area contributed by atoms with E-state index in [0.717, 1.165) is 5.56 Å². The van der Waals surface area contributed by atoms with Crippen LogP contribution in [0, 0.1) is 22.7 Å². The molecule has 0 saturated heterocycles. The second-order valence-corrected chi connectivity index (χ2v) is 7.30. The Bertz CT molecular complexity index is 1070. The molecule has 29 heavy (non-hydrogen) atoms. The number of anilines is 1. The van der Waals surface area contributed by atoms with Crippen LogP contribution in [0.1, 0.15) is 11.1 Å². The van der Waals surface area contributed by atoms with Crippen molar-refractivity contribution in [1.29, 1.82) is 10.5 Å². The lowest BCUT2D eigenvalue weighted by Crippen LogP contribution is -2.13. The van der Waals surface area contributed by atoms with Crippen molar-refractivity contribution in [2.45, 2.75) is 6.42 Å². The summed E-state index contributed by atoms with van der Waals surface area (Å²) in [5.74, 6) is -0.111. The molecule has 0 fully saturated rings. The third-order valence-electron chi connectivity index (χ3n) is 3.66. The highest BCUT2D eigenvalue weighted by Crippen LogP contribution is 2.33. The molecule has 0 bridgehead atoms. The number of nitrogens with zero attached hydrogens (tertiary/aromatic N) is 2. The number of nitrogens with one attached hydrogen (secondary N) is 1. The highest BCUT2D eigenvalue weighted by molar-refractivity contribution is 9.10. The van der Waals surface area contributed by atoms with Crippen LogP contribution < -0.4 is 10.1 Å². The summed E-state index contributed by atoms with van der Waals surface area (Å²) in [6.07, 6.45) is 3.61. The van der Waals surface area contributed by atoms with Crippen LogP contribution in [-0.2, 0) is 11.2 Å². The van der Waals surface area contributed by atoms with Crippen molar-refractivity contribution in [3.05, 3.63) is 74.2 Å². The van der Waals surface area contributed by atoms with Crippen molar-refractivity contribution in [2.75, 3.05) is 11.9 Å². The van der Waals surface area contributed by atoms with E-state index in [1.165, 1.54) is 6.08 Å². The minimum absolute atomic E-state index is 0.107. The molecule has 1 N–H and O–H groups in total. The minimum Gasteiger partial charge on any atom is -0.477 e. The largest absolute Gasteiger partial charge is 0.477 e. The van der Waals surface area contributed by atoms with Gasteiger partial charge in [-0.1, -0.05) is 35.3 Å². The monoisotopic (exact) mass is 489 g/mol. The van der Waals surface area contributed by atoms with E-state index in [2.05, 4.69) is 27.8 Å². The van der Waals surface area contributed by atoms with Crippen LogP contribution in [0.4, 0.5) is 5.69 Å². The van der Waals surface area contributed by atoms with Gasteiger partial charge in [0.15, 0.2) is 6.61 Å². The van der Waals surface area contributed by atoms with E-state index in [1.807, 2.05) is 12.1 Å². The van der Waals surface area contributed by atoms with E-state index >= 15 is 0 Å². The fraction of sp³-hybridized carbons (Fsp3) is 0.0952. The van der Waals surface area contributed by atoms with Crippen LogP contribution in [0.25, 0.3) is 6.08 Å². The molecule has 146 valence electrons. The van der Waals surface area contributed by atoms with E-state index in [1.54, 1.807) is 36.4 Å².